The minimum absolute atomic E-state index is 0.0772. The van der Waals surface area contributed by atoms with Crippen LogP contribution in [-0.4, -0.2) is 21.2 Å². The first-order chi connectivity index (χ1) is 11.5. The summed E-state index contributed by atoms with van der Waals surface area (Å²) in [6, 6.07) is 9.54. The first-order valence-corrected chi connectivity index (χ1v) is 9.30. The number of hydrogen-bond acceptors (Lipinski definition) is 5. The monoisotopic (exact) mass is 359 g/mol. The number of nitrogens with zero attached hydrogens (tertiary/aromatic N) is 2. The highest BCUT2D eigenvalue weighted by atomic mass is 32.2. The Morgan fingerprint density at radius 1 is 1.38 bits per heavy atom. The van der Waals surface area contributed by atoms with Crippen LogP contribution in [0.1, 0.15) is 10.4 Å². The lowest BCUT2D eigenvalue weighted by Gasteiger charge is -2.09. The van der Waals surface area contributed by atoms with E-state index in [4.69, 9.17) is 0 Å². The summed E-state index contributed by atoms with van der Waals surface area (Å²) in [4.78, 5) is 30.0. The molecule has 0 fully saturated rings. The summed E-state index contributed by atoms with van der Waals surface area (Å²) in [5, 5.41) is 5.99. The Morgan fingerprint density at radius 3 is 2.96 bits per heavy atom. The molecule has 0 saturated heterocycles. The Kier molecular flexibility index (Phi) is 5.01. The summed E-state index contributed by atoms with van der Waals surface area (Å²) in [7, 11) is 1.68. The van der Waals surface area contributed by atoms with Crippen molar-refractivity contribution in [3.63, 3.8) is 0 Å². The van der Waals surface area contributed by atoms with E-state index in [1.165, 1.54) is 16.3 Å². The minimum Gasteiger partial charge on any atom is -0.350 e. The van der Waals surface area contributed by atoms with Gasteiger partial charge in [0, 0.05) is 11.9 Å². The molecule has 0 aliphatic carbocycles. The third-order valence-electron chi connectivity index (χ3n) is 3.56. The molecule has 3 rings (SSSR count). The van der Waals surface area contributed by atoms with Gasteiger partial charge in [-0.25, -0.2) is 4.98 Å². The van der Waals surface area contributed by atoms with Crippen LogP contribution < -0.4 is 10.9 Å². The molecule has 0 saturated carbocycles. The zero-order chi connectivity index (χ0) is 17.1. The smallest absolute Gasteiger partial charge is 0.261 e. The standard InChI is InChI=1S/C17H17N3O2S2/c1-11-5-6-14-13(8-11)16(22)20(2)17(19-14)24-10-15(21)18-9-12-4-3-7-23-12/h3-8H,9-10H2,1-2H3,(H,18,21). The molecule has 3 aromatic rings. The second-order valence-electron chi connectivity index (χ2n) is 5.42. The maximum absolute atomic E-state index is 12.4. The second-order valence-corrected chi connectivity index (χ2v) is 7.40. The summed E-state index contributed by atoms with van der Waals surface area (Å²) in [5.74, 6) is 0.148. The Bertz CT molecular complexity index is 933. The average Bonchev–Trinajstić information content (AvgIpc) is 3.09. The van der Waals surface area contributed by atoms with Crippen LogP contribution in [0.15, 0.2) is 45.7 Å². The number of fused-ring (bicyclic) bond motifs is 1. The molecule has 0 atom stereocenters. The molecule has 1 N–H and O–H groups in total. The fourth-order valence-electron chi connectivity index (χ4n) is 2.27. The van der Waals surface area contributed by atoms with E-state index in [1.54, 1.807) is 18.4 Å². The number of rotatable bonds is 5. The van der Waals surface area contributed by atoms with Crippen LogP contribution in [0.4, 0.5) is 0 Å². The number of thioether (sulfide) groups is 1. The van der Waals surface area contributed by atoms with E-state index >= 15 is 0 Å². The molecule has 0 radical (unpaired) electrons. The van der Waals surface area contributed by atoms with Crippen molar-refractivity contribution in [2.45, 2.75) is 18.6 Å². The Hall–Kier alpha value is -2.12. The van der Waals surface area contributed by atoms with Crippen LogP contribution in [0.3, 0.4) is 0 Å². The molecule has 2 aromatic heterocycles. The van der Waals surface area contributed by atoms with Crippen LogP contribution in [0.25, 0.3) is 10.9 Å². The SMILES string of the molecule is Cc1ccc2nc(SCC(=O)NCc3cccs3)n(C)c(=O)c2c1. The van der Waals surface area contributed by atoms with Crippen molar-refractivity contribution in [3.05, 3.63) is 56.5 Å². The first-order valence-electron chi connectivity index (χ1n) is 7.44. The molecule has 0 aliphatic heterocycles. The van der Waals surface area contributed by atoms with Crippen molar-refractivity contribution in [2.24, 2.45) is 7.05 Å². The molecular formula is C17H17N3O2S2. The molecule has 0 unspecified atom stereocenters. The molecule has 0 bridgehead atoms. The number of benzene rings is 1. The lowest BCUT2D eigenvalue weighted by Crippen LogP contribution is -2.25. The predicted molar refractivity (Wildman–Crippen MR) is 98.6 cm³/mol. The van der Waals surface area contributed by atoms with Gasteiger partial charge < -0.3 is 5.32 Å². The number of carbonyl (C=O) groups excluding carboxylic acids is 1. The van der Waals surface area contributed by atoms with E-state index in [-0.39, 0.29) is 17.2 Å². The van der Waals surface area contributed by atoms with Crippen molar-refractivity contribution in [1.29, 1.82) is 0 Å². The number of aryl methyl sites for hydroxylation is 1. The van der Waals surface area contributed by atoms with E-state index in [9.17, 15) is 9.59 Å². The lowest BCUT2D eigenvalue weighted by atomic mass is 10.2. The van der Waals surface area contributed by atoms with E-state index in [0.717, 1.165) is 10.4 Å². The summed E-state index contributed by atoms with van der Waals surface area (Å²) in [6.07, 6.45) is 0. The zero-order valence-corrected chi connectivity index (χ0v) is 15.0. The number of amides is 1. The molecule has 24 heavy (non-hydrogen) atoms. The highest BCUT2D eigenvalue weighted by Gasteiger charge is 2.11. The summed E-state index contributed by atoms with van der Waals surface area (Å²) in [6.45, 7) is 2.47. The largest absolute Gasteiger partial charge is 0.350 e. The van der Waals surface area contributed by atoms with Gasteiger partial charge in [-0.3, -0.25) is 14.2 Å². The summed E-state index contributed by atoms with van der Waals surface area (Å²) >= 11 is 2.88. The van der Waals surface area contributed by atoms with Crippen molar-refractivity contribution in [3.8, 4) is 0 Å². The normalized spacial score (nSPS) is 10.9. The van der Waals surface area contributed by atoms with E-state index in [0.29, 0.717) is 22.6 Å². The average molecular weight is 359 g/mol. The highest BCUT2D eigenvalue weighted by molar-refractivity contribution is 7.99. The van der Waals surface area contributed by atoms with Gasteiger partial charge >= 0.3 is 0 Å². The van der Waals surface area contributed by atoms with Crippen LogP contribution in [0.2, 0.25) is 0 Å². The number of thiophene rings is 1. The quantitative estimate of drug-likeness (QED) is 0.562. The Labute approximate surface area is 147 Å². The predicted octanol–water partition coefficient (Wildman–Crippen LogP) is 2.71. The minimum atomic E-state index is -0.0924. The first kappa shape index (κ1) is 16.7. The molecule has 1 amide bonds. The second kappa shape index (κ2) is 7.19. The third kappa shape index (κ3) is 3.68. The third-order valence-corrected chi connectivity index (χ3v) is 5.47. The molecule has 0 spiro atoms. The number of carbonyl (C=O) groups is 1. The van der Waals surface area contributed by atoms with Gasteiger partial charge in [-0.1, -0.05) is 29.5 Å². The Morgan fingerprint density at radius 2 is 2.21 bits per heavy atom. The maximum atomic E-state index is 12.4. The molecule has 5 nitrogen and oxygen atoms in total. The van der Waals surface area contributed by atoms with Gasteiger partial charge in [0.05, 0.1) is 23.2 Å². The number of hydrogen-bond donors (Lipinski definition) is 1. The molecule has 0 aliphatic rings. The van der Waals surface area contributed by atoms with Gasteiger partial charge in [-0.2, -0.15) is 0 Å². The van der Waals surface area contributed by atoms with Gasteiger partial charge in [0.15, 0.2) is 5.16 Å². The van der Waals surface area contributed by atoms with Gasteiger partial charge in [0.25, 0.3) is 5.56 Å². The Balaban J connectivity index is 1.71. The topological polar surface area (TPSA) is 64.0 Å². The van der Waals surface area contributed by atoms with Gasteiger partial charge in [-0.05, 0) is 30.5 Å². The van der Waals surface area contributed by atoms with Crippen molar-refractivity contribution in [1.82, 2.24) is 14.9 Å². The number of nitrogens with one attached hydrogen (secondary N) is 1. The van der Waals surface area contributed by atoms with E-state index < -0.39 is 0 Å². The number of aromatic nitrogens is 2. The van der Waals surface area contributed by atoms with E-state index in [1.807, 2.05) is 42.6 Å². The molecule has 7 heteroatoms. The van der Waals surface area contributed by atoms with Crippen molar-refractivity contribution >= 4 is 39.9 Å². The van der Waals surface area contributed by atoms with Crippen LogP contribution >= 0.6 is 23.1 Å². The molecular weight excluding hydrogens is 342 g/mol. The zero-order valence-electron chi connectivity index (χ0n) is 13.4. The highest BCUT2D eigenvalue weighted by Crippen LogP contribution is 2.17. The van der Waals surface area contributed by atoms with Crippen molar-refractivity contribution < 1.29 is 4.79 Å². The van der Waals surface area contributed by atoms with Crippen molar-refractivity contribution in [2.75, 3.05) is 5.75 Å². The molecule has 1 aromatic carbocycles. The van der Waals surface area contributed by atoms with Gasteiger partial charge in [0.1, 0.15) is 0 Å². The van der Waals surface area contributed by atoms with Crippen LogP contribution in [0.5, 0.6) is 0 Å². The van der Waals surface area contributed by atoms with Crippen LogP contribution in [-0.2, 0) is 18.4 Å². The van der Waals surface area contributed by atoms with Gasteiger partial charge in [0.2, 0.25) is 5.91 Å². The summed E-state index contributed by atoms with van der Waals surface area (Å²) < 4.78 is 1.50. The maximum Gasteiger partial charge on any atom is 0.261 e. The van der Waals surface area contributed by atoms with Crippen LogP contribution in [0, 0.1) is 6.92 Å². The van der Waals surface area contributed by atoms with E-state index in [2.05, 4.69) is 10.3 Å². The van der Waals surface area contributed by atoms with Gasteiger partial charge in [-0.15, -0.1) is 11.3 Å². The fourth-order valence-corrected chi connectivity index (χ4v) is 3.72. The lowest BCUT2D eigenvalue weighted by molar-refractivity contribution is -0.118. The molecule has 124 valence electrons. The fraction of sp³-hybridized carbons (Fsp3) is 0.235. The molecule has 2 heterocycles. The summed E-state index contributed by atoms with van der Waals surface area (Å²) in [5.41, 5.74) is 1.59.